The molecule has 1 N–H and O–H groups in total. The minimum atomic E-state index is -1.19. The molecule has 0 unspecified atom stereocenters. The van der Waals surface area contributed by atoms with Gasteiger partial charge in [0.2, 0.25) is 0 Å². The molecule has 2 heterocycles. The summed E-state index contributed by atoms with van der Waals surface area (Å²) in [4.78, 5) is 26.6. The van der Waals surface area contributed by atoms with Gasteiger partial charge in [-0.25, -0.2) is 9.18 Å². The zero-order valence-electron chi connectivity index (χ0n) is 22.4. The number of nitro groups is 1. The maximum atomic E-state index is 13.1. The molecular weight excluding hydrogens is 529 g/mol. The third-order valence-electron chi connectivity index (χ3n) is 7.71. The second-order valence-electron chi connectivity index (χ2n) is 10.1. The Morgan fingerprint density at radius 2 is 1.82 bits per heavy atom. The number of fused-ring (bicyclic) bond motifs is 1. The number of aromatic carboxylic acids is 1. The first kappa shape index (κ1) is 27.9. The van der Waals surface area contributed by atoms with Gasteiger partial charge in [0.1, 0.15) is 11.5 Å². The van der Waals surface area contributed by atoms with Crippen molar-refractivity contribution in [1.82, 2.24) is 9.47 Å². The number of para-hydroxylation sites is 1. The molecule has 0 radical (unpaired) electrons. The number of halogens is 1. The van der Waals surface area contributed by atoms with Gasteiger partial charge in [-0.15, -0.1) is 11.8 Å². The van der Waals surface area contributed by atoms with E-state index in [0.29, 0.717) is 18.0 Å². The van der Waals surface area contributed by atoms with Crippen molar-refractivity contribution < 1.29 is 19.2 Å². The summed E-state index contributed by atoms with van der Waals surface area (Å²) in [6.07, 6.45) is 3.77. The quantitative estimate of drug-likeness (QED) is 0.0946. The predicted molar refractivity (Wildman–Crippen MR) is 156 cm³/mol. The van der Waals surface area contributed by atoms with Crippen LogP contribution in [0.5, 0.6) is 0 Å². The number of hydrogen-bond acceptors (Lipinski definition) is 5. The van der Waals surface area contributed by atoms with Crippen molar-refractivity contribution in [3.05, 3.63) is 99.5 Å². The van der Waals surface area contributed by atoms with Gasteiger partial charge in [0.25, 0.3) is 5.69 Å². The van der Waals surface area contributed by atoms with E-state index >= 15 is 0 Å². The van der Waals surface area contributed by atoms with E-state index in [-0.39, 0.29) is 17.1 Å². The first-order chi connectivity index (χ1) is 19.4. The Morgan fingerprint density at radius 1 is 1.10 bits per heavy atom. The molecule has 4 aromatic rings. The third kappa shape index (κ3) is 5.76. The lowest BCUT2D eigenvalue weighted by Gasteiger charge is -2.32. The van der Waals surface area contributed by atoms with E-state index in [2.05, 4.69) is 17.9 Å². The molecule has 3 aromatic carbocycles. The highest BCUT2D eigenvalue weighted by Gasteiger charge is 2.29. The van der Waals surface area contributed by atoms with Crippen LogP contribution in [-0.2, 0) is 6.42 Å². The van der Waals surface area contributed by atoms with E-state index in [1.54, 1.807) is 17.8 Å². The number of carbonyl (C=O) groups is 1. The Labute approximate surface area is 236 Å². The van der Waals surface area contributed by atoms with Crippen LogP contribution in [0.25, 0.3) is 16.6 Å². The lowest BCUT2D eigenvalue weighted by molar-refractivity contribution is -0.384. The third-order valence-corrected chi connectivity index (χ3v) is 8.81. The molecule has 40 heavy (non-hydrogen) atoms. The minimum Gasteiger partial charge on any atom is -0.478 e. The van der Waals surface area contributed by atoms with E-state index in [0.717, 1.165) is 72.2 Å². The standard InChI is InChI=1S/C31H32FN3O4S/c1-2-26-30(21-14-17-33(18-15-21)16-5-19-40-24-11-9-23(32)10-12-24)25-6-3-4-7-27(25)34(26)28-13-8-22(31(36)37)20-29(28)35(38)39/h3-4,6-13,20-21H,2,5,14-19H2,1H3,(H,36,37). The van der Waals surface area contributed by atoms with Crippen molar-refractivity contribution in [2.24, 2.45) is 0 Å². The molecule has 0 bridgehead atoms. The smallest absolute Gasteiger partial charge is 0.335 e. The summed E-state index contributed by atoms with van der Waals surface area (Å²) in [7, 11) is 0. The second-order valence-corrected chi connectivity index (χ2v) is 11.3. The van der Waals surface area contributed by atoms with Gasteiger partial charge in [-0.2, -0.15) is 0 Å². The van der Waals surface area contributed by atoms with Gasteiger partial charge in [-0.1, -0.05) is 25.1 Å². The summed E-state index contributed by atoms with van der Waals surface area (Å²) < 4.78 is 15.1. The van der Waals surface area contributed by atoms with Gasteiger partial charge in [-0.3, -0.25) is 10.1 Å². The van der Waals surface area contributed by atoms with Crippen LogP contribution in [0.15, 0.2) is 71.6 Å². The minimum absolute atomic E-state index is 0.103. The molecule has 5 rings (SSSR count). The molecule has 1 aromatic heterocycles. The predicted octanol–water partition coefficient (Wildman–Crippen LogP) is 7.30. The number of rotatable bonds is 10. The highest BCUT2D eigenvalue weighted by Crippen LogP contribution is 2.41. The number of carboxylic acid groups (broad SMARTS) is 1. The summed E-state index contributed by atoms with van der Waals surface area (Å²) in [6, 6.07) is 18.8. The maximum Gasteiger partial charge on any atom is 0.335 e. The van der Waals surface area contributed by atoms with Crippen LogP contribution in [0, 0.1) is 15.9 Å². The Bertz CT molecular complexity index is 1530. The van der Waals surface area contributed by atoms with Crippen LogP contribution in [0.1, 0.15) is 53.7 Å². The molecular formula is C31H32FN3O4S. The summed E-state index contributed by atoms with van der Waals surface area (Å²) in [6.45, 7) is 5.06. The molecule has 0 saturated carbocycles. The van der Waals surface area contributed by atoms with Gasteiger partial charge in [-0.05, 0) is 105 Å². The van der Waals surface area contributed by atoms with Gasteiger partial charge in [0.15, 0.2) is 0 Å². The topological polar surface area (TPSA) is 88.6 Å². The van der Waals surface area contributed by atoms with Crippen LogP contribution < -0.4 is 0 Å². The summed E-state index contributed by atoms with van der Waals surface area (Å²) in [5.74, 6) is -0.0817. The van der Waals surface area contributed by atoms with Gasteiger partial charge in [0.05, 0.1) is 16.0 Å². The van der Waals surface area contributed by atoms with Crippen molar-refractivity contribution in [2.45, 2.75) is 43.4 Å². The van der Waals surface area contributed by atoms with Crippen molar-refractivity contribution in [3.8, 4) is 5.69 Å². The van der Waals surface area contributed by atoms with E-state index in [1.807, 2.05) is 34.9 Å². The van der Waals surface area contributed by atoms with E-state index in [1.165, 1.54) is 23.8 Å². The molecule has 0 atom stereocenters. The van der Waals surface area contributed by atoms with E-state index < -0.39 is 10.9 Å². The molecule has 208 valence electrons. The fourth-order valence-corrected chi connectivity index (χ4v) is 6.68. The molecule has 1 saturated heterocycles. The Kier molecular flexibility index (Phi) is 8.52. The Hall–Kier alpha value is -3.69. The van der Waals surface area contributed by atoms with Crippen LogP contribution in [0.3, 0.4) is 0 Å². The second kappa shape index (κ2) is 12.2. The van der Waals surface area contributed by atoms with E-state index in [4.69, 9.17) is 0 Å². The molecule has 1 aliphatic rings. The van der Waals surface area contributed by atoms with Crippen LogP contribution in [0.4, 0.5) is 10.1 Å². The van der Waals surface area contributed by atoms with Gasteiger partial charge < -0.3 is 14.6 Å². The first-order valence-corrected chi connectivity index (χ1v) is 14.6. The van der Waals surface area contributed by atoms with Crippen molar-refractivity contribution >= 4 is 34.3 Å². The number of likely N-dealkylation sites (tertiary alicyclic amines) is 1. The highest BCUT2D eigenvalue weighted by atomic mass is 32.2. The average molecular weight is 562 g/mol. The molecule has 1 aliphatic heterocycles. The van der Waals surface area contributed by atoms with Gasteiger partial charge in [0, 0.05) is 22.0 Å². The van der Waals surface area contributed by atoms with Gasteiger partial charge >= 0.3 is 5.97 Å². The zero-order valence-corrected chi connectivity index (χ0v) is 23.2. The average Bonchev–Trinajstić information content (AvgIpc) is 3.30. The normalized spacial score (nSPS) is 14.6. The highest BCUT2D eigenvalue weighted by molar-refractivity contribution is 7.99. The molecule has 0 spiro atoms. The number of piperidine rings is 1. The lowest BCUT2D eigenvalue weighted by Crippen LogP contribution is -2.34. The monoisotopic (exact) mass is 561 g/mol. The first-order valence-electron chi connectivity index (χ1n) is 13.6. The number of hydrogen-bond donors (Lipinski definition) is 1. The van der Waals surface area contributed by atoms with Crippen LogP contribution in [-0.4, -0.2) is 50.9 Å². The van der Waals surface area contributed by atoms with Crippen LogP contribution >= 0.6 is 11.8 Å². The number of nitro benzene ring substituents is 1. The number of carboxylic acids is 1. The molecule has 1 fully saturated rings. The number of nitrogens with zero attached hydrogens (tertiary/aromatic N) is 3. The van der Waals surface area contributed by atoms with Crippen molar-refractivity contribution in [1.29, 1.82) is 0 Å². The summed E-state index contributed by atoms with van der Waals surface area (Å²) >= 11 is 1.75. The zero-order chi connectivity index (χ0) is 28.2. The Balaban J connectivity index is 1.36. The number of aromatic nitrogens is 1. The number of thioether (sulfide) groups is 1. The fraction of sp³-hybridized carbons (Fsp3) is 0.323. The SMILES string of the molecule is CCc1c(C2CCN(CCCSc3ccc(F)cc3)CC2)c2ccccc2n1-c1ccc(C(=O)O)cc1[N+](=O)[O-]. The molecule has 0 amide bonds. The largest absolute Gasteiger partial charge is 0.478 e. The van der Waals surface area contributed by atoms with E-state index in [9.17, 15) is 24.4 Å². The molecule has 0 aliphatic carbocycles. The van der Waals surface area contributed by atoms with Crippen LogP contribution in [0.2, 0.25) is 0 Å². The fourth-order valence-electron chi connectivity index (χ4n) is 5.84. The molecule has 9 heteroatoms. The van der Waals surface area contributed by atoms with Crippen molar-refractivity contribution in [3.63, 3.8) is 0 Å². The Morgan fingerprint density at radius 3 is 2.50 bits per heavy atom. The molecule has 7 nitrogen and oxygen atoms in total. The summed E-state index contributed by atoms with van der Waals surface area (Å²) in [5, 5.41) is 22.5. The van der Waals surface area contributed by atoms with Crippen molar-refractivity contribution in [2.75, 3.05) is 25.4 Å². The summed E-state index contributed by atoms with van der Waals surface area (Å²) in [5.41, 5.74) is 3.28. The maximum absolute atomic E-state index is 13.1. The number of benzene rings is 3. The lowest BCUT2D eigenvalue weighted by atomic mass is 9.87.